The van der Waals surface area contributed by atoms with E-state index < -0.39 is 24.4 Å². The van der Waals surface area contributed by atoms with Gasteiger partial charge in [-0.1, -0.05) is 121 Å². The predicted molar refractivity (Wildman–Crippen MR) is 176 cm³/mol. The Bertz CT molecular complexity index is 1190. The molecule has 0 saturated heterocycles. The van der Waals surface area contributed by atoms with Crippen molar-refractivity contribution in [3.63, 3.8) is 0 Å². The van der Waals surface area contributed by atoms with Crippen molar-refractivity contribution in [2.45, 2.75) is 50.8 Å². The second-order valence-electron chi connectivity index (χ2n) is 11.0. The van der Waals surface area contributed by atoms with E-state index in [0.717, 1.165) is 22.3 Å². The van der Waals surface area contributed by atoms with Gasteiger partial charge in [-0.2, -0.15) is 0 Å². The predicted octanol–water partition coefficient (Wildman–Crippen LogP) is 5.35. The summed E-state index contributed by atoms with van der Waals surface area (Å²) in [6.45, 7) is 2.40. The number of benzene rings is 4. The fraction of sp³-hybridized carbons (Fsp3) is 0.368. The van der Waals surface area contributed by atoms with Gasteiger partial charge in [0.2, 0.25) is 0 Å². The zero-order valence-corrected chi connectivity index (χ0v) is 26.3. The van der Waals surface area contributed by atoms with Gasteiger partial charge in [-0.15, -0.1) is 0 Å². The smallest absolute Gasteiger partial charge is 0.109 e. The van der Waals surface area contributed by atoms with E-state index in [1.54, 1.807) is 0 Å². The fourth-order valence-corrected chi connectivity index (χ4v) is 4.63. The first-order chi connectivity index (χ1) is 22.7. The van der Waals surface area contributed by atoms with Crippen molar-refractivity contribution >= 4 is 0 Å². The summed E-state index contributed by atoms with van der Waals surface area (Å²) in [5.41, 5.74) is 4.10. The molecule has 4 aromatic carbocycles. The molecule has 0 fully saturated rings. The summed E-state index contributed by atoms with van der Waals surface area (Å²) in [4.78, 5) is 0. The summed E-state index contributed by atoms with van der Waals surface area (Å²) in [6, 6.07) is 39.3. The molecule has 0 aliphatic heterocycles. The van der Waals surface area contributed by atoms with E-state index >= 15 is 0 Å². The van der Waals surface area contributed by atoms with Gasteiger partial charge in [0.05, 0.1) is 66.1 Å². The van der Waals surface area contributed by atoms with Crippen molar-refractivity contribution in [2.24, 2.45) is 0 Å². The van der Waals surface area contributed by atoms with Gasteiger partial charge >= 0.3 is 0 Å². The Kier molecular flexibility index (Phi) is 16.5. The van der Waals surface area contributed by atoms with E-state index in [1.807, 2.05) is 121 Å². The van der Waals surface area contributed by atoms with Gasteiger partial charge in [-0.25, -0.2) is 0 Å². The third-order valence-electron chi connectivity index (χ3n) is 7.19. The van der Waals surface area contributed by atoms with E-state index in [1.165, 1.54) is 0 Å². The maximum absolute atomic E-state index is 10.9. The number of hydrogen-bond acceptors (Lipinski definition) is 8. The molecule has 8 nitrogen and oxygen atoms in total. The molecule has 4 unspecified atom stereocenters. The summed E-state index contributed by atoms with van der Waals surface area (Å²) in [7, 11) is 0. The molecule has 0 aliphatic rings. The fourth-order valence-electron chi connectivity index (χ4n) is 4.63. The van der Waals surface area contributed by atoms with Crippen LogP contribution in [0.15, 0.2) is 121 Å². The van der Waals surface area contributed by atoms with E-state index in [4.69, 9.17) is 28.4 Å². The average molecular weight is 631 g/mol. The first-order valence-corrected chi connectivity index (χ1v) is 15.7. The van der Waals surface area contributed by atoms with Crippen LogP contribution in [0.3, 0.4) is 0 Å². The van der Waals surface area contributed by atoms with Gasteiger partial charge in [0.1, 0.15) is 24.4 Å². The van der Waals surface area contributed by atoms with Gasteiger partial charge in [-0.05, 0) is 22.3 Å². The van der Waals surface area contributed by atoms with Crippen LogP contribution in [0.2, 0.25) is 0 Å². The molecule has 46 heavy (non-hydrogen) atoms. The molecule has 246 valence electrons. The van der Waals surface area contributed by atoms with E-state index in [2.05, 4.69) is 0 Å². The number of ether oxygens (including phenoxy) is 6. The molecule has 0 aromatic heterocycles. The molecule has 0 saturated carbocycles. The molecule has 0 radical (unpaired) electrons. The lowest BCUT2D eigenvalue weighted by atomic mass is 10.2. The molecule has 8 heteroatoms. The molecular formula is C38H46O8. The quantitative estimate of drug-likeness (QED) is 0.106. The van der Waals surface area contributed by atoms with E-state index in [9.17, 15) is 10.2 Å². The molecule has 0 bridgehead atoms. The SMILES string of the molecule is OC(COCc1ccccc1)C(COCc1ccccc1)OCCOC(COCc1ccccc1)C(O)COCc1ccccc1. The normalized spacial score (nSPS) is 14.0. The first-order valence-electron chi connectivity index (χ1n) is 15.7. The third kappa shape index (κ3) is 13.9. The van der Waals surface area contributed by atoms with Crippen LogP contribution in [-0.4, -0.2) is 74.3 Å². The lowest BCUT2D eigenvalue weighted by Gasteiger charge is -2.26. The Morgan fingerprint density at radius 2 is 0.630 bits per heavy atom. The van der Waals surface area contributed by atoms with Crippen molar-refractivity contribution in [1.29, 1.82) is 0 Å². The number of aliphatic hydroxyl groups excluding tert-OH is 2. The van der Waals surface area contributed by atoms with Crippen LogP contribution in [-0.2, 0) is 54.8 Å². The minimum Gasteiger partial charge on any atom is -0.388 e. The van der Waals surface area contributed by atoms with Gasteiger partial charge in [0, 0.05) is 0 Å². The number of hydrogen-bond donors (Lipinski definition) is 2. The Hall–Kier alpha value is -3.44. The van der Waals surface area contributed by atoms with Crippen LogP contribution in [0.1, 0.15) is 22.3 Å². The van der Waals surface area contributed by atoms with E-state index in [-0.39, 0.29) is 39.6 Å². The lowest BCUT2D eigenvalue weighted by Crippen LogP contribution is -2.39. The van der Waals surface area contributed by atoms with Crippen LogP contribution in [0.25, 0.3) is 0 Å². The largest absolute Gasteiger partial charge is 0.388 e. The molecule has 0 spiro atoms. The number of rotatable bonds is 23. The van der Waals surface area contributed by atoms with Crippen LogP contribution in [0.5, 0.6) is 0 Å². The second-order valence-corrected chi connectivity index (χ2v) is 11.0. The summed E-state index contributed by atoms with van der Waals surface area (Å²) in [5.74, 6) is 0. The average Bonchev–Trinajstić information content (AvgIpc) is 3.10. The molecule has 2 N–H and O–H groups in total. The summed E-state index contributed by atoms with van der Waals surface area (Å²) >= 11 is 0. The second kappa shape index (κ2) is 21.4. The van der Waals surface area contributed by atoms with Crippen LogP contribution < -0.4 is 0 Å². The minimum absolute atomic E-state index is 0.0858. The molecule has 0 aliphatic carbocycles. The summed E-state index contributed by atoms with van der Waals surface area (Å²) < 4.78 is 35.5. The molecule has 4 rings (SSSR count). The Balaban J connectivity index is 1.26. The third-order valence-corrected chi connectivity index (χ3v) is 7.19. The highest BCUT2D eigenvalue weighted by atomic mass is 16.6. The Morgan fingerprint density at radius 3 is 0.913 bits per heavy atom. The molecule has 4 atom stereocenters. The first kappa shape index (κ1) is 35.4. The highest BCUT2D eigenvalue weighted by molar-refractivity contribution is 5.15. The van der Waals surface area contributed by atoms with Gasteiger partial charge < -0.3 is 38.6 Å². The van der Waals surface area contributed by atoms with Crippen molar-refractivity contribution in [2.75, 3.05) is 39.6 Å². The maximum atomic E-state index is 10.9. The zero-order chi connectivity index (χ0) is 32.1. The van der Waals surface area contributed by atoms with Gasteiger partial charge in [0.15, 0.2) is 0 Å². The van der Waals surface area contributed by atoms with Crippen LogP contribution in [0, 0.1) is 0 Å². The molecule has 0 amide bonds. The molecule has 4 aromatic rings. The summed E-state index contributed by atoms with van der Waals surface area (Å²) in [6.07, 6.45) is -3.12. The Morgan fingerprint density at radius 1 is 0.370 bits per heavy atom. The van der Waals surface area contributed by atoms with Crippen LogP contribution in [0.4, 0.5) is 0 Å². The standard InChI is InChI=1S/C38H46O8/c39-35(27-41-23-31-13-5-1-6-14-31)37(29-43-25-33-17-9-3-10-18-33)45-21-22-46-38(30-44-26-34-19-11-4-12-20-34)36(40)28-42-24-32-15-7-2-8-16-32/h1-20,35-40H,21-30H2. The summed E-state index contributed by atoms with van der Waals surface area (Å²) in [5, 5.41) is 21.9. The lowest BCUT2D eigenvalue weighted by molar-refractivity contribution is -0.138. The van der Waals surface area contributed by atoms with E-state index in [0.29, 0.717) is 26.4 Å². The van der Waals surface area contributed by atoms with Crippen molar-refractivity contribution in [3.05, 3.63) is 144 Å². The van der Waals surface area contributed by atoms with Gasteiger partial charge in [-0.3, -0.25) is 0 Å². The molecule has 0 heterocycles. The number of aliphatic hydroxyl groups is 2. The Labute approximate surface area is 272 Å². The molecular weight excluding hydrogens is 584 g/mol. The highest BCUT2D eigenvalue weighted by Crippen LogP contribution is 2.11. The van der Waals surface area contributed by atoms with Crippen molar-refractivity contribution in [3.8, 4) is 0 Å². The highest BCUT2D eigenvalue weighted by Gasteiger charge is 2.23. The monoisotopic (exact) mass is 630 g/mol. The maximum Gasteiger partial charge on any atom is 0.109 e. The van der Waals surface area contributed by atoms with Crippen molar-refractivity contribution < 1.29 is 38.6 Å². The zero-order valence-electron chi connectivity index (χ0n) is 26.3. The minimum atomic E-state index is -0.915. The van der Waals surface area contributed by atoms with Gasteiger partial charge in [0.25, 0.3) is 0 Å². The topological polar surface area (TPSA) is 95.8 Å². The van der Waals surface area contributed by atoms with Crippen molar-refractivity contribution in [1.82, 2.24) is 0 Å². The van der Waals surface area contributed by atoms with Crippen LogP contribution >= 0.6 is 0 Å².